The highest BCUT2D eigenvalue weighted by Crippen LogP contribution is 2.28. The van der Waals surface area contributed by atoms with Crippen molar-refractivity contribution in [3.8, 4) is 0 Å². The molecule has 2 heterocycles. The van der Waals surface area contributed by atoms with Crippen LogP contribution in [0.1, 0.15) is 56.1 Å². The molecule has 4 rings (SSSR count). The van der Waals surface area contributed by atoms with Crippen molar-refractivity contribution in [1.82, 2.24) is 14.7 Å². The highest BCUT2D eigenvalue weighted by atomic mass is 16.2. The maximum atomic E-state index is 12.9. The quantitative estimate of drug-likeness (QED) is 0.580. The fourth-order valence-corrected chi connectivity index (χ4v) is 5.25. The Bertz CT molecular complexity index is 862. The molecule has 2 fully saturated rings. The maximum Gasteiger partial charge on any atom is 0.242 e. The van der Waals surface area contributed by atoms with Gasteiger partial charge < -0.3 is 14.7 Å². The summed E-state index contributed by atoms with van der Waals surface area (Å²) in [7, 11) is 0. The van der Waals surface area contributed by atoms with Gasteiger partial charge in [0.15, 0.2) is 0 Å². The van der Waals surface area contributed by atoms with Crippen LogP contribution in [0.15, 0.2) is 60.7 Å². The van der Waals surface area contributed by atoms with E-state index in [4.69, 9.17) is 0 Å². The monoisotopic (exact) mass is 447 g/mol. The topological polar surface area (TPSA) is 43.9 Å². The summed E-state index contributed by atoms with van der Waals surface area (Å²) in [4.78, 5) is 31.7. The van der Waals surface area contributed by atoms with Crippen molar-refractivity contribution < 1.29 is 9.59 Å². The molecule has 2 aromatic rings. The Hall–Kier alpha value is -2.66. The molecule has 1 atom stereocenters. The normalized spacial score (nSPS) is 20.0. The van der Waals surface area contributed by atoms with E-state index in [1.165, 1.54) is 30.4 Å². The Morgan fingerprint density at radius 3 is 1.94 bits per heavy atom. The molecule has 0 radical (unpaired) electrons. The van der Waals surface area contributed by atoms with Crippen LogP contribution in [0.25, 0.3) is 0 Å². The number of hydrogen-bond donors (Lipinski definition) is 0. The SMILES string of the molecule is CC1CCCCN1CCCN1CC(=O)N(CCC(c2ccccc2)c2ccccc2)CC1=O. The third-order valence-electron chi connectivity index (χ3n) is 7.26. The van der Waals surface area contributed by atoms with Crippen LogP contribution in [0, 0.1) is 0 Å². The fraction of sp³-hybridized carbons (Fsp3) is 0.500. The van der Waals surface area contributed by atoms with Crippen LogP contribution < -0.4 is 0 Å². The standard InChI is InChI=1S/C28H37N3O2/c1-23-11-8-9-17-29(23)18-10-19-30-21-28(33)31(22-27(30)32)20-16-26(24-12-4-2-5-13-24)25-14-6-3-7-15-25/h2-7,12-15,23,26H,8-11,16-22H2,1H3. The number of carbonyl (C=O) groups excluding carboxylic acids is 2. The summed E-state index contributed by atoms with van der Waals surface area (Å²) in [5.41, 5.74) is 2.49. The average Bonchev–Trinajstić information content (AvgIpc) is 2.84. The van der Waals surface area contributed by atoms with Gasteiger partial charge in [-0.1, -0.05) is 67.1 Å². The van der Waals surface area contributed by atoms with Crippen LogP contribution in [0.3, 0.4) is 0 Å². The van der Waals surface area contributed by atoms with E-state index in [0.717, 1.165) is 25.9 Å². The van der Waals surface area contributed by atoms with Gasteiger partial charge in [0.05, 0.1) is 13.1 Å². The van der Waals surface area contributed by atoms with Crippen molar-refractivity contribution in [3.63, 3.8) is 0 Å². The molecule has 0 aliphatic carbocycles. The molecule has 176 valence electrons. The minimum atomic E-state index is 0.0702. The molecule has 2 aliphatic rings. The van der Waals surface area contributed by atoms with Gasteiger partial charge in [0.25, 0.3) is 0 Å². The van der Waals surface area contributed by atoms with Crippen LogP contribution in [-0.2, 0) is 9.59 Å². The van der Waals surface area contributed by atoms with Gasteiger partial charge in [0.1, 0.15) is 0 Å². The molecule has 0 N–H and O–H groups in total. The highest BCUT2D eigenvalue weighted by Gasteiger charge is 2.30. The predicted molar refractivity (Wildman–Crippen MR) is 132 cm³/mol. The smallest absolute Gasteiger partial charge is 0.242 e. The number of carbonyl (C=O) groups is 2. The number of piperazine rings is 1. The van der Waals surface area contributed by atoms with Gasteiger partial charge in [-0.3, -0.25) is 9.59 Å². The number of piperidine rings is 1. The lowest BCUT2D eigenvalue weighted by Crippen LogP contribution is -2.54. The van der Waals surface area contributed by atoms with Gasteiger partial charge in [0.2, 0.25) is 11.8 Å². The second-order valence-electron chi connectivity index (χ2n) is 9.53. The number of rotatable bonds is 9. The van der Waals surface area contributed by atoms with E-state index in [1.54, 1.807) is 9.80 Å². The van der Waals surface area contributed by atoms with Gasteiger partial charge in [-0.25, -0.2) is 0 Å². The summed E-state index contributed by atoms with van der Waals surface area (Å²) < 4.78 is 0. The minimum Gasteiger partial charge on any atom is -0.332 e. The molecule has 0 spiro atoms. The molecule has 2 aromatic carbocycles. The van der Waals surface area contributed by atoms with Gasteiger partial charge in [0, 0.05) is 31.6 Å². The summed E-state index contributed by atoms with van der Waals surface area (Å²) in [6.07, 6.45) is 5.60. The first-order valence-electron chi connectivity index (χ1n) is 12.5. The Kier molecular flexibility index (Phi) is 8.16. The zero-order valence-electron chi connectivity index (χ0n) is 19.9. The number of likely N-dealkylation sites (tertiary alicyclic amines) is 1. The van der Waals surface area contributed by atoms with Crippen molar-refractivity contribution in [2.24, 2.45) is 0 Å². The first kappa shape index (κ1) is 23.5. The zero-order valence-corrected chi connectivity index (χ0v) is 19.9. The molecule has 2 aliphatic heterocycles. The summed E-state index contributed by atoms with van der Waals surface area (Å²) in [6, 6.07) is 21.5. The maximum absolute atomic E-state index is 12.9. The summed E-state index contributed by atoms with van der Waals surface area (Å²) in [5, 5.41) is 0. The van der Waals surface area contributed by atoms with Crippen LogP contribution in [0.2, 0.25) is 0 Å². The van der Waals surface area contributed by atoms with Gasteiger partial charge in [-0.05, 0) is 50.3 Å². The highest BCUT2D eigenvalue weighted by molar-refractivity contribution is 5.92. The van der Waals surface area contributed by atoms with E-state index in [1.807, 2.05) is 12.1 Å². The van der Waals surface area contributed by atoms with Gasteiger partial charge in [-0.15, -0.1) is 0 Å². The molecule has 2 amide bonds. The Morgan fingerprint density at radius 1 is 0.788 bits per heavy atom. The molecular weight excluding hydrogens is 410 g/mol. The fourth-order valence-electron chi connectivity index (χ4n) is 5.25. The van der Waals surface area contributed by atoms with E-state index in [2.05, 4.69) is 60.4 Å². The average molecular weight is 448 g/mol. The molecule has 5 heteroatoms. The summed E-state index contributed by atoms with van der Waals surface area (Å²) in [6.45, 7) is 6.16. The number of nitrogens with zero attached hydrogens (tertiary/aromatic N) is 3. The number of benzene rings is 2. The van der Waals surface area contributed by atoms with E-state index in [0.29, 0.717) is 19.1 Å². The molecule has 33 heavy (non-hydrogen) atoms. The predicted octanol–water partition coefficient (Wildman–Crippen LogP) is 4.14. The van der Waals surface area contributed by atoms with Gasteiger partial charge in [-0.2, -0.15) is 0 Å². The van der Waals surface area contributed by atoms with Crippen LogP contribution >= 0.6 is 0 Å². The second-order valence-corrected chi connectivity index (χ2v) is 9.53. The van der Waals surface area contributed by atoms with E-state index in [9.17, 15) is 9.59 Å². The Balaban J connectivity index is 1.30. The lowest BCUT2D eigenvalue weighted by Gasteiger charge is -2.36. The van der Waals surface area contributed by atoms with E-state index in [-0.39, 0.29) is 30.8 Å². The van der Waals surface area contributed by atoms with E-state index >= 15 is 0 Å². The van der Waals surface area contributed by atoms with E-state index < -0.39 is 0 Å². The molecule has 5 nitrogen and oxygen atoms in total. The molecule has 1 unspecified atom stereocenters. The molecule has 2 saturated heterocycles. The first-order valence-corrected chi connectivity index (χ1v) is 12.5. The van der Waals surface area contributed by atoms with Gasteiger partial charge >= 0.3 is 0 Å². The van der Waals surface area contributed by atoms with Crippen molar-refractivity contribution in [2.75, 3.05) is 39.3 Å². The van der Waals surface area contributed by atoms with Crippen LogP contribution in [0.5, 0.6) is 0 Å². The minimum absolute atomic E-state index is 0.0702. The van der Waals surface area contributed by atoms with Crippen molar-refractivity contribution in [3.05, 3.63) is 71.8 Å². The molecule has 0 bridgehead atoms. The Morgan fingerprint density at radius 2 is 1.36 bits per heavy atom. The third-order valence-corrected chi connectivity index (χ3v) is 7.26. The lowest BCUT2D eigenvalue weighted by molar-refractivity contribution is -0.150. The van der Waals surface area contributed by atoms with Crippen molar-refractivity contribution >= 4 is 11.8 Å². The largest absolute Gasteiger partial charge is 0.332 e. The molecule has 0 saturated carbocycles. The molecular formula is C28H37N3O2. The third kappa shape index (κ3) is 6.23. The number of amides is 2. The summed E-state index contributed by atoms with van der Waals surface area (Å²) in [5.74, 6) is 0.359. The second kappa shape index (κ2) is 11.5. The first-order chi connectivity index (χ1) is 16.1. The summed E-state index contributed by atoms with van der Waals surface area (Å²) >= 11 is 0. The molecule has 0 aromatic heterocycles. The number of hydrogen-bond acceptors (Lipinski definition) is 3. The van der Waals surface area contributed by atoms with Crippen molar-refractivity contribution in [2.45, 2.75) is 51.0 Å². The zero-order chi connectivity index (χ0) is 23.0. The van der Waals surface area contributed by atoms with Crippen molar-refractivity contribution in [1.29, 1.82) is 0 Å². The Labute approximate surface area is 198 Å². The van der Waals surface area contributed by atoms with Crippen LogP contribution in [0.4, 0.5) is 0 Å². The van der Waals surface area contributed by atoms with Crippen LogP contribution in [-0.4, -0.2) is 71.8 Å². The lowest BCUT2D eigenvalue weighted by atomic mass is 9.88.